The summed E-state index contributed by atoms with van der Waals surface area (Å²) in [6.07, 6.45) is 2.24. The molecule has 0 unspecified atom stereocenters. The van der Waals surface area contributed by atoms with Crippen LogP contribution < -0.4 is 14.8 Å². The van der Waals surface area contributed by atoms with Crippen LogP contribution in [0.1, 0.15) is 11.1 Å². The Morgan fingerprint density at radius 1 is 0.933 bits per heavy atom. The number of methoxy groups -OCH3 is 1. The van der Waals surface area contributed by atoms with Crippen molar-refractivity contribution in [3.8, 4) is 27.7 Å². The van der Waals surface area contributed by atoms with Crippen molar-refractivity contribution >= 4 is 27.5 Å². The number of ether oxygens (including phenoxy) is 2. The Labute approximate surface area is 180 Å². The van der Waals surface area contributed by atoms with Crippen molar-refractivity contribution in [3.63, 3.8) is 0 Å². The Morgan fingerprint density at radius 2 is 1.70 bits per heavy atom. The maximum absolute atomic E-state index is 6.48. The molecule has 0 saturated carbocycles. The van der Waals surface area contributed by atoms with Crippen LogP contribution in [0.2, 0.25) is 0 Å². The molecule has 150 valence electrons. The zero-order valence-electron chi connectivity index (χ0n) is 17.1. The van der Waals surface area contributed by atoms with Gasteiger partial charge in [-0.1, -0.05) is 42.5 Å². The lowest BCUT2D eigenvalue weighted by Gasteiger charge is -2.18. The van der Waals surface area contributed by atoms with E-state index in [0.29, 0.717) is 0 Å². The number of nitrogens with one attached hydrogen (secondary N) is 1. The van der Waals surface area contributed by atoms with E-state index in [1.54, 1.807) is 18.4 Å². The van der Waals surface area contributed by atoms with Crippen molar-refractivity contribution < 1.29 is 9.47 Å². The van der Waals surface area contributed by atoms with E-state index in [1.165, 1.54) is 22.3 Å². The predicted octanol–water partition coefficient (Wildman–Crippen LogP) is 6.66. The number of aryl methyl sites for hydroxylation is 1. The van der Waals surface area contributed by atoms with Crippen LogP contribution in [0.25, 0.3) is 26.6 Å². The van der Waals surface area contributed by atoms with Crippen LogP contribution in [0.3, 0.4) is 0 Å². The van der Waals surface area contributed by atoms with Crippen molar-refractivity contribution in [1.29, 1.82) is 0 Å². The second kappa shape index (κ2) is 7.98. The fourth-order valence-corrected chi connectivity index (χ4v) is 4.89. The highest BCUT2D eigenvalue weighted by Gasteiger charge is 2.18. The van der Waals surface area contributed by atoms with E-state index in [4.69, 9.17) is 9.47 Å². The summed E-state index contributed by atoms with van der Waals surface area (Å²) in [5, 5.41) is 4.38. The number of benzene rings is 3. The molecule has 1 aromatic heterocycles. The molecule has 4 aromatic rings. The number of fused-ring (bicyclic) bond motifs is 1. The van der Waals surface area contributed by atoms with Gasteiger partial charge in [-0.05, 0) is 59.5 Å². The molecule has 0 aliphatic carbocycles. The van der Waals surface area contributed by atoms with Gasteiger partial charge in [-0.2, -0.15) is 0 Å². The van der Waals surface area contributed by atoms with E-state index in [2.05, 4.69) is 66.8 Å². The number of thiophene rings is 1. The van der Waals surface area contributed by atoms with E-state index in [-0.39, 0.29) is 0 Å². The van der Waals surface area contributed by atoms with E-state index in [1.807, 2.05) is 18.2 Å². The topological polar surface area (TPSA) is 30.5 Å². The Balaban J connectivity index is 1.56. The first-order valence-corrected chi connectivity index (χ1v) is 10.9. The molecule has 4 heteroatoms. The third-order valence-electron chi connectivity index (χ3n) is 5.42. The first-order valence-electron chi connectivity index (χ1n) is 10.1. The first-order chi connectivity index (χ1) is 14.7. The number of hydrogen-bond donors (Lipinski definition) is 1. The highest BCUT2D eigenvalue weighted by Crippen LogP contribution is 2.47. The zero-order chi connectivity index (χ0) is 20.5. The van der Waals surface area contributed by atoms with E-state index in [0.717, 1.165) is 45.3 Å². The number of hydrogen-bond acceptors (Lipinski definition) is 4. The predicted molar refractivity (Wildman–Crippen MR) is 126 cm³/mol. The fourth-order valence-electron chi connectivity index (χ4n) is 3.64. The highest BCUT2D eigenvalue weighted by molar-refractivity contribution is 7.22. The molecular weight excluding hydrogens is 390 g/mol. The summed E-state index contributed by atoms with van der Waals surface area (Å²) in [6.45, 7) is 4.12. The van der Waals surface area contributed by atoms with Gasteiger partial charge >= 0.3 is 0 Å². The molecule has 30 heavy (non-hydrogen) atoms. The van der Waals surface area contributed by atoms with E-state index < -0.39 is 0 Å². The molecule has 0 atom stereocenters. The Bertz CT molecular complexity index is 1230. The van der Waals surface area contributed by atoms with E-state index in [9.17, 15) is 0 Å². The lowest BCUT2D eigenvalue weighted by molar-refractivity contribution is 0.415. The zero-order valence-corrected chi connectivity index (χ0v) is 17.9. The summed E-state index contributed by atoms with van der Waals surface area (Å²) >= 11 is 1.74. The highest BCUT2D eigenvalue weighted by atomic mass is 32.1. The quantitative estimate of drug-likeness (QED) is 0.397. The van der Waals surface area contributed by atoms with Crippen molar-refractivity contribution in [2.75, 3.05) is 20.2 Å². The fraction of sp³-hybridized carbons (Fsp3) is 0.154. The maximum atomic E-state index is 6.48. The summed E-state index contributed by atoms with van der Waals surface area (Å²) in [4.78, 5) is 1.14. The lowest BCUT2D eigenvalue weighted by Crippen LogP contribution is -2.33. The second-order valence-electron chi connectivity index (χ2n) is 7.51. The summed E-state index contributed by atoms with van der Waals surface area (Å²) in [6, 6.07) is 22.9. The van der Waals surface area contributed by atoms with Crippen molar-refractivity contribution in [2.45, 2.75) is 6.92 Å². The van der Waals surface area contributed by atoms with Gasteiger partial charge in [-0.3, -0.25) is 0 Å². The normalized spacial score (nSPS) is 13.2. The third kappa shape index (κ3) is 3.60. The molecular formula is C26H23NO2S. The van der Waals surface area contributed by atoms with Crippen molar-refractivity contribution in [2.24, 2.45) is 0 Å². The average molecular weight is 414 g/mol. The largest absolute Gasteiger partial charge is 0.497 e. The summed E-state index contributed by atoms with van der Waals surface area (Å²) in [7, 11) is 1.70. The molecule has 0 radical (unpaired) electrons. The smallest absolute Gasteiger partial charge is 0.153 e. The monoisotopic (exact) mass is 413 g/mol. The van der Waals surface area contributed by atoms with Crippen LogP contribution in [0, 0.1) is 6.92 Å². The molecule has 2 heterocycles. The van der Waals surface area contributed by atoms with Gasteiger partial charge < -0.3 is 14.8 Å². The van der Waals surface area contributed by atoms with Gasteiger partial charge in [0.1, 0.15) is 11.5 Å². The van der Waals surface area contributed by atoms with Gasteiger partial charge in [-0.25, -0.2) is 0 Å². The minimum absolute atomic E-state index is 0.842. The second-order valence-corrected chi connectivity index (χ2v) is 8.57. The Morgan fingerprint density at radius 3 is 2.40 bits per heavy atom. The minimum atomic E-state index is 0.842. The molecule has 3 aromatic carbocycles. The van der Waals surface area contributed by atoms with Crippen molar-refractivity contribution in [1.82, 2.24) is 5.32 Å². The minimum Gasteiger partial charge on any atom is -0.497 e. The van der Waals surface area contributed by atoms with Gasteiger partial charge in [-0.15, -0.1) is 11.3 Å². The molecule has 1 saturated heterocycles. The number of rotatable bonds is 5. The van der Waals surface area contributed by atoms with Crippen LogP contribution >= 0.6 is 11.3 Å². The van der Waals surface area contributed by atoms with Crippen LogP contribution in [-0.4, -0.2) is 20.2 Å². The SMILES string of the molecule is COc1ccc2c(Oc3ccc(C=C4CNC4)cc3)c(-c3ccccc3C)sc2c1. The van der Waals surface area contributed by atoms with Crippen LogP contribution in [0.15, 0.2) is 72.3 Å². The molecule has 0 amide bonds. The van der Waals surface area contributed by atoms with Gasteiger partial charge in [0.05, 0.1) is 12.0 Å². The molecule has 1 aliphatic heterocycles. The summed E-state index contributed by atoms with van der Waals surface area (Å²) < 4.78 is 13.1. The molecule has 3 nitrogen and oxygen atoms in total. The molecule has 1 fully saturated rings. The van der Waals surface area contributed by atoms with Crippen LogP contribution in [-0.2, 0) is 0 Å². The summed E-state index contributed by atoms with van der Waals surface area (Å²) in [5.74, 6) is 2.60. The lowest BCUT2D eigenvalue weighted by atomic mass is 10.1. The molecule has 1 aliphatic rings. The van der Waals surface area contributed by atoms with Gasteiger partial charge in [0.25, 0.3) is 0 Å². The van der Waals surface area contributed by atoms with E-state index >= 15 is 0 Å². The Hall–Kier alpha value is -3.08. The summed E-state index contributed by atoms with van der Waals surface area (Å²) in [5.41, 5.74) is 5.07. The average Bonchev–Trinajstić information content (AvgIpc) is 3.09. The van der Waals surface area contributed by atoms with Gasteiger partial charge in [0, 0.05) is 23.2 Å². The standard InChI is InChI=1S/C26H23NO2S/c1-17-5-3-4-6-22(17)26-25(23-12-11-21(28-2)14-24(23)30-26)29-20-9-7-18(8-10-20)13-19-15-27-16-19/h3-14,27H,15-16H2,1-2H3. The first kappa shape index (κ1) is 18.9. The maximum Gasteiger partial charge on any atom is 0.153 e. The molecule has 0 bridgehead atoms. The molecule has 0 spiro atoms. The van der Waals surface area contributed by atoms with Crippen LogP contribution in [0.5, 0.6) is 17.2 Å². The van der Waals surface area contributed by atoms with Crippen molar-refractivity contribution in [3.05, 3.63) is 83.4 Å². The van der Waals surface area contributed by atoms with Crippen LogP contribution in [0.4, 0.5) is 0 Å². The Kier molecular flexibility index (Phi) is 5.03. The van der Waals surface area contributed by atoms with Gasteiger partial charge in [0.15, 0.2) is 5.75 Å². The molecule has 1 N–H and O–H groups in total. The third-order valence-corrected chi connectivity index (χ3v) is 6.58. The molecule has 5 rings (SSSR count). The van der Waals surface area contributed by atoms with Gasteiger partial charge in [0.2, 0.25) is 0 Å².